The van der Waals surface area contributed by atoms with Gasteiger partial charge in [-0.15, -0.1) is 0 Å². The van der Waals surface area contributed by atoms with Crippen molar-refractivity contribution in [3.8, 4) is 0 Å². The number of nitrogens with zero attached hydrogens (tertiary/aromatic N) is 1. The van der Waals surface area contributed by atoms with E-state index < -0.39 is 17.7 Å². The van der Waals surface area contributed by atoms with Gasteiger partial charge in [-0.2, -0.15) is 0 Å². The molecule has 0 spiro atoms. The molecule has 0 aliphatic carbocycles. The number of amides is 3. The summed E-state index contributed by atoms with van der Waals surface area (Å²) < 4.78 is 2.10. The minimum absolute atomic E-state index is 0.142. The van der Waals surface area contributed by atoms with Crippen LogP contribution >= 0.6 is 27.5 Å². The van der Waals surface area contributed by atoms with Gasteiger partial charge in [0, 0.05) is 26.3 Å². The SMILES string of the molecule is Cc1c(Cl)cccc1NC(=O)c1cc2cc(Br)ccc2n1NC(=O)C(=O)Nc1ccccc1. The molecule has 0 unspecified atom stereocenters. The molecule has 1 heterocycles. The number of hydrogen-bond acceptors (Lipinski definition) is 3. The fourth-order valence-electron chi connectivity index (χ4n) is 3.26. The number of nitrogens with one attached hydrogen (secondary N) is 3. The Balaban J connectivity index is 1.65. The van der Waals surface area contributed by atoms with Gasteiger partial charge in [-0.3, -0.25) is 19.8 Å². The molecule has 7 nitrogen and oxygen atoms in total. The maximum absolute atomic E-state index is 13.2. The van der Waals surface area contributed by atoms with Crippen molar-refractivity contribution in [2.75, 3.05) is 16.1 Å². The number of fused-ring (bicyclic) bond motifs is 1. The van der Waals surface area contributed by atoms with Crippen LogP contribution in [-0.4, -0.2) is 22.4 Å². The Kier molecular flexibility index (Phi) is 6.48. The largest absolute Gasteiger partial charge is 0.328 e. The molecule has 3 aromatic carbocycles. The Hall–Kier alpha value is -3.62. The zero-order valence-electron chi connectivity index (χ0n) is 17.4. The lowest BCUT2D eigenvalue weighted by atomic mass is 10.2. The lowest BCUT2D eigenvalue weighted by Crippen LogP contribution is -2.36. The highest BCUT2D eigenvalue weighted by Crippen LogP contribution is 2.26. The quantitative estimate of drug-likeness (QED) is 0.315. The number of carbonyl (C=O) groups is 3. The molecule has 4 rings (SSSR count). The number of aromatic nitrogens is 1. The zero-order valence-corrected chi connectivity index (χ0v) is 19.7. The molecular weight excluding hydrogens is 508 g/mol. The van der Waals surface area contributed by atoms with Crippen LogP contribution in [0.1, 0.15) is 16.1 Å². The van der Waals surface area contributed by atoms with Crippen molar-refractivity contribution in [1.82, 2.24) is 4.68 Å². The van der Waals surface area contributed by atoms with E-state index in [1.807, 2.05) is 6.07 Å². The third-order valence-electron chi connectivity index (χ3n) is 4.96. The Labute approximate surface area is 202 Å². The second-order valence-corrected chi connectivity index (χ2v) is 8.52. The van der Waals surface area contributed by atoms with Crippen molar-refractivity contribution in [3.05, 3.63) is 93.5 Å². The molecule has 33 heavy (non-hydrogen) atoms. The molecule has 0 radical (unpaired) electrons. The number of anilines is 2. The van der Waals surface area contributed by atoms with Crippen molar-refractivity contribution in [2.24, 2.45) is 0 Å². The normalized spacial score (nSPS) is 10.6. The van der Waals surface area contributed by atoms with E-state index in [2.05, 4.69) is 32.0 Å². The molecule has 0 saturated heterocycles. The predicted molar refractivity (Wildman–Crippen MR) is 133 cm³/mol. The maximum Gasteiger partial charge on any atom is 0.328 e. The van der Waals surface area contributed by atoms with Gasteiger partial charge < -0.3 is 10.6 Å². The Morgan fingerprint density at radius 1 is 0.879 bits per heavy atom. The molecule has 1 aromatic heterocycles. The second kappa shape index (κ2) is 9.48. The average Bonchev–Trinajstić information content (AvgIpc) is 3.15. The summed E-state index contributed by atoms with van der Waals surface area (Å²) in [6.07, 6.45) is 0. The molecule has 3 amide bonds. The molecule has 0 aliphatic rings. The number of benzene rings is 3. The van der Waals surface area contributed by atoms with Gasteiger partial charge in [-0.05, 0) is 61.0 Å². The molecular formula is C24H18BrClN4O3. The van der Waals surface area contributed by atoms with E-state index in [-0.39, 0.29) is 5.69 Å². The van der Waals surface area contributed by atoms with Gasteiger partial charge in [0.15, 0.2) is 0 Å². The Bertz CT molecular complexity index is 1390. The van der Waals surface area contributed by atoms with Crippen LogP contribution < -0.4 is 16.1 Å². The van der Waals surface area contributed by atoms with Gasteiger partial charge in [0.1, 0.15) is 5.69 Å². The molecule has 0 saturated carbocycles. The fraction of sp³-hybridized carbons (Fsp3) is 0.0417. The molecule has 0 atom stereocenters. The van der Waals surface area contributed by atoms with Crippen molar-refractivity contribution in [1.29, 1.82) is 0 Å². The number of para-hydroxylation sites is 1. The fourth-order valence-corrected chi connectivity index (χ4v) is 3.82. The summed E-state index contributed by atoms with van der Waals surface area (Å²) in [4.78, 5) is 38.2. The molecule has 166 valence electrons. The minimum atomic E-state index is -0.924. The first kappa shape index (κ1) is 22.6. The van der Waals surface area contributed by atoms with Crippen LogP contribution in [0.15, 0.2) is 77.3 Å². The second-order valence-electron chi connectivity index (χ2n) is 7.20. The van der Waals surface area contributed by atoms with Gasteiger partial charge in [0.25, 0.3) is 5.91 Å². The van der Waals surface area contributed by atoms with E-state index in [0.717, 1.165) is 4.47 Å². The van der Waals surface area contributed by atoms with Crippen LogP contribution in [-0.2, 0) is 9.59 Å². The highest BCUT2D eigenvalue weighted by atomic mass is 79.9. The summed E-state index contributed by atoms with van der Waals surface area (Å²) in [5.74, 6) is -2.26. The van der Waals surface area contributed by atoms with Crippen molar-refractivity contribution in [2.45, 2.75) is 6.92 Å². The summed E-state index contributed by atoms with van der Waals surface area (Å²) in [6, 6.07) is 20.7. The lowest BCUT2D eigenvalue weighted by molar-refractivity contribution is -0.133. The monoisotopic (exact) mass is 524 g/mol. The summed E-state index contributed by atoms with van der Waals surface area (Å²) in [5.41, 5.74) is 4.95. The van der Waals surface area contributed by atoms with Crippen LogP contribution in [0, 0.1) is 6.92 Å². The van der Waals surface area contributed by atoms with Crippen LogP contribution in [0.3, 0.4) is 0 Å². The lowest BCUT2D eigenvalue weighted by Gasteiger charge is -2.14. The van der Waals surface area contributed by atoms with Crippen LogP contribution in [0.2, 0.25) is 5.02 Å². The van der Waals surface area contributed by atoms with Crippen molar-refractivity contribution >= 4 is 67.5 Å². The summed E-state index contributed by atoms with van der Waals surface area (Å²) >= 11 is 9.57. The van der Waals surface area contributed by atoms with Gasteiger partial charge in [-0.1, -0.05) is 51.8 Å². The van der Waals surface area contributed by atoms with Gasteiger partial charge >= 0.3 is 11.8 Å². The highest BCUT2D eigenvalue weighted by molar-refractivity contribution is 9.10. The number of rotatable bonds is 4. The molecule has 0 bridgehead atoms. The zero-order chi connectivity index (χ0) is 23.5. The Morgan fingerprint density at radius 3 is 2.39 bits per heavy atom. The predicted octanol–water partition coefficient (Wildman–Crippen LogP) is 5.33. The average molecular weight is 526 g/mol. The first-order valence-corrected chi connectivity index (χ1v) is 11.1. The minimum Gasteiger partial charge on any atom is -0.320 e. The van der Waals surface area contributed by atoms with Crippen LogP contribution in [0.5, 0.6) is 0 Å². The first-order valence-electron chi connectivity index (χ1n) is 9.88. The standard InChI is InChI=1S/C24H18BrClN4O3/c1-14-18(26)8-5-9-19(14)28-22(31)21-13-15-12-16(25)10-11-20(15)30(21)29-24(33)23(32)27-17-6-3-2-4-7-17/h2-13H,1H3,(H,27,32)(H,28,31)(H,29,33). The molecule has 9 heteroatoms. The van der Waals surface area contributed by atoms with Gasteiger partial charge in [0.05, 0.1) is 5.52 Å². The topological polar surface area (TPSA) is 92.2 Å². The molecule has 4 aromatic rings. The van der Waals surface area contributed by atoms with Gasteiger partial charge in [0.2, 0.25) is 0 Å². The number of carbonyl (C=O) groups excluding carboxylic acids is 3. The summed E-state index contributed by atoms with van der Waals surface area (Å²) in [5, 5.41) is 6.56. The number of hydrogen-bond donors (Lipinski definition) is 3. The molecule has 0 fully saturated rings. The van der Waals surface area contributed by atoms with Crippen LogP contribution in [0.25, 0.3) is 10.9 Å². The third kappa shape index (κ3) is 4.92. The summed E-state index contributed by atoms with van der Waals surface area (Å²) in [6.45, 7) is 1.79. The molecule has 3 N–H and O–H groups in total. The third-order valence-corrected chi connectivity index (χ3v) is 5.87. The Morgan fingerprint density at radius 2 is 1.64 bits per heavy atom. The smallest absolute Gasteiger partial charge is 0.320 e. The van der Waals surface area contributed by atoms with Crippen LogP contribution in [0.4, 0.5) is 11.4 Å². The summed E-state index contributed by atoms with van der Waals surface area (Å²) in [7, 11) is 0. The van der Waals surface area contributed by atoms with Gasteiger partial charge in [-0.25, -0.2) is 4.68 Å². The van der Waals surface area contributed by atoms with E-state index in [1.54, 1.807) is 73.7 Å². The maximum atomic E-state index is 13.2. The highest BCUT2D eigenvalue weighted by Gasteiger charge is 2.21. The number of halogens is 2. The van der Waals surface area contributed by atoms with E-state index in [1.165, 1.54) is 4.68 Å². The van der Waals surface area contributed by atoms with E-state index in [9.17, 15) is 14.4 Å². The van der Waals surface area contributed by atoms with Crippen molar-refractivity contribution in [3.63, 3.8) is 0 Å². The van der Waals surface area contributed by atoms with E-state index >= 15 is 0 Å². The first-order chi connectivity index (χ1) is 15.8. The van der Waals surface area contributed by atoms with E-state index in [4.69, 9.17) is 11.6 Å². The van der Waals surface area contributed by atoms with Crippen molar-refractivity contribution < 1.29 is 14.4 Å². The molecule has 0 aliphatic heterocycles. The van der Waals surface area contributed by atoms with E-state index in [0.29, 0.717) is 32.9 Å².